The number of likely N-dealkylation sites (tertiary alicyclic amines) is 1. The van der Waals surface area contributed by atoms with Crippen molar-refractivity contribution in [3.05, 3.63) is 35.5 Å². The largest absolute Gasteiger partial charge is 0.481 e. The number of halogens is 1. The number of carbonyl (C=O) groups excluding carboxylic acids is 2. The van der Waals surface area contributed by atoms with Gasteiger partial charge in [0, 0.05) is 36.6 Å². The molecule has 1 aliphatic heterocycles. The highest BCUT2D eigenvalue weighted by Crippen LogP contribution is 2.29. The summed E-state index contributed by atoms with van der Waals surface area (Å²) in [4.78, 5) is 31.1. The summed E-state index contributed by atoms with van der Waals surface area (Å²) in [6, 6.07) is 7.31. The van der Waals surface area contributed by atoms with Crippen molar-refractivity contribution >= 4 is 34.3 Å². The van der Waals surface area contributed by atoms with Gasteiger partial charge >= 0.3 is 0 Å². The third-order valence-electron chi connectivity index (χ3n) is 5.62. The molecule has 1 aromatic carbocycles. The molecule has 3 rings (SSSR count). The number of hydrogen-bond acceptors (Lipinski definition) is 4. The molecule has 0 spiro atoms. The SMILES string of the molecule is CC(C)C(C)NC(=O)C1CCN(C(=O)COc2ccc(Cl)c3cccnc23)CC1. The fraction of sp³-hybridized carbons (Fsp3) is 0.500. The van der Waals surface area contributed by atoms with Crippen LogP contribution < -0.4 is 10.1 Å². The van der Waals surface area contributed by atoms with E-state index in [1.807, 2.05) is 19.1 Å². The number of pyridine rings is 1. The van der Waals surface area contributed by atoms with Crippen molar-refractivity contribution in [2.24, 2.45) is 11.8 Å². The van der Waals surface area contributed by atoms with Crippen LogP contribution in [0.4, 0.5) is 0 Å². The zero-order valence-electron chi connectivity index (χ0n) is 17.2. The van der Waals surface area contributed by atoms with Gasteiger partial charge in [-0.2, -0.15) is 0 Å². The number of amides is 2. The summed E-state index contributed by atoms with van der Waals surface area (Å²) in [6.07, 6.45) is 3.02. The van der Waals surface area contributed by atoms with Crippen LogP contribution in [-0.2, 0) is 9.59 Å². The molecule has 0 saturated carbocycles. The molecule has 7 heteroatoms. The first-order valence-corrected chi connectivity index (χ1v) is 10.5. The first kappa shape index (κ1) is 21.4. The maximum atomic E-state index is 12.6. The van der Waals surface area contributed by atoms with Gasteiger partial charge in [0.05, 0.1) is 5.02 Å². The average Bonchev–Trinajstić information content (AvgIpc) is 2.73. The van der Waals surface area contributed by atoms with Crippen molar-refractivity contribution in [1.82, 2.24) is 15.2 Å². The van der Waals surface area contributed by atoms with Gasteiger partial charge in [-0.25, -0.2) is 0 Å². The van der Waals surface area contributed by atoms with E-state index in [4.69, 9.17) is 16.3 Å². The van der Waals surface area contributed by atoms with Crippen LogP contribution in [0, 0.1) is 11.8 Å². The lowest BCUT2D eigenvalue weighted by atomic mass is 9.95. The second-order valence-electron chi connectivity index (χ2n) is 7.93. The fourth-order valence-electron chi connectivity index (χ4n) is 3.36. The van der Waals surface area contributed by atoms with Crippen molar-refractivity contribution < 1.29 is 14.3 Å². The van der Waals surface area contributed by atoms with Gasteiger partial charge in [-0.15, -0.1) is 0 Å². The zero-order chi connectivity index (χ0) is 21.0. The number of nitrogens with one attached hydrogen (secondary N) is 1. The van der Waals surface area contributed by atoms with Crippen LogP contribution in [0.25, 0.3) is 10.9 Å². The van der Waals surface area contributed by atoms with E-state index in [9.17, 15) is 9.59 Å². The molecule has 1 unspecified atom stereocenters. The third kappa shape index (κ3) is 5.18. The van der Waals surface area contributed by atoms with E-state index >= 15 is 0 Å². The second-order valence-corrected chi connectivity index (χ2v) is 8.34. The highest BCUT2D eigenvalue weighted by Gasteiger charge is 2.28. The molecule has 0 bridgehead atoms. The Hall–Kier alpha value is -2.34. The predicted molar refractivity (Wildman–Crippen MR) is 114 cm³/mol. The van der Waals surface area contributed by atoms with Crippen LogP contribution in [-0.4, -0.2) is 47.4 Å². The molecule has 0 radical (unpaired) electrons. The Labute approximate surface area is 176 Å². The minimum absolute atomic E-state index is 0.0365. The molecule has 1 aromatic heterocycles. The highest BCUT2D eigenvalue weighted by molar-refractivity contribution is 6.35. The molecule has 1 atom stereocenters. The van der Waals surface area contributed by atoms with Crippen molar-refractivity contribution in [1.29, 1.82) is 0 Å². The molecule has 156 valence electrons. The highest BCUT2D eigenvalue weighted by atomic mass is 35.5. The Kier molecular flexibility index (Phi) is 6.96. The summed E-state index contributed by atoms with van der Waals surface area (Å²) in [5.74, 6) is 0.906. The van der Waals surface area contributed by atoms with E-state index in [0.29, 0.717) is 48.1 Å². The summed E-state index contributed by atoms with van der Waals surface area (Å²) in [5, 5.41) is 4.47. The number of benzene rings is 1. The van der Waals surface area contributed by atoms with Crippen LogP contribution in [0.5, 0.6) is 5.75 Å². The van der Waals surface area contributed by atoms with Gasteiger partial charge < -0.3 is 15.0 Å². The summed E-state index contributed by atoms with van der Waals surface area (Å²) >= 11 is 6.20. The Morgan fingerprint density at radius 2 is 1.97 bits per heavy atom. The molecular weight excluding hydrogens is 390 g/mol. The summed E-state index contributed by atoms with van der Waals surface area (Å²) in [6.45, 7) is 7.27. The van der Waals surface area contributed by atoms with Crippen molar-refractivity contribution in [3.8, 4) is 5.75 Å². The van der Waals surface area contributed by atoms with Gasteiger partial charge in [0.25, 0.3) is 5.91 Å². The Morgan fingerprint density at radius 3 is 2.66 bits per heavy atom. The number of nitrogens with zero attached hydrogens (tertiary/aromatic N) is 2. The lowest BCUT2D eigenvalue weighted by molar-refractivity contribution is -0.137. The van der Waals surface area contributed by atoms with Crippen molar-refractivity contribution in [2.75, 3.05) is 19.7 Å². The Bertz CT molecular complexity index is 879. The van der Waals surface area contributed by atoms with E-state index in [0.717, 1.165) is 5.39 Å². The zero-order valence-corrected chi connectivity index (χ0v) is 17.9. The van der Waals surface area contributed by atoms with Crippen LogP contribution in [0.3, 0.4) is 0 Å². The van der Waals surface area contributed by atoms with Crippen molar-refractivity contribution in [3.63, 3.8) is 0 Å². The summed E-state index contributed by atoms with van der Waals surface area (Å²) in [7, 11) is 0. The fourth-order valence-corrected chi connectivity index (χ4v) is 3.57. The molecule has 29 heavy (non-hydrogen) atoms. The predicted octanol–water partition coefficient (Wildman–Crippen LogP) is 3.67. The summed E-state index contributed by atoms with van der Waals surface area (Å²) in [5.41, 5.74) is 0.641. The third-order valence-corrected chi connectivity index (χ3v) is 5.95. The molecule has 2 aromatic rings. The molecule has 1 saturated heterocycles. The summed E-state index contributed by atoms with van der Waals surface area (Å²) < 4.78 is 5.75. The molecule has 2 heterocycles. The second kappa shape index (κ2) is 9.44. The van der Waals surface area contributed by atoms with Gasteiger partial charge in [-0.05, 0) is 49.9 Å². The van der Waals surface area contributed by atoms with E-state index < -0.39 is 0 Å². The number of rotatable bonds is 6. The minimum Gasteiger partial charge on any atom is -0.481 e. The van der Waals surface area contributed by atoms with Crippen molar-refractivity contribution in [2.45, 2.75) is 39.7 Å². The van der Waals surface area contributed by atoms with Crippen LogP contribution in [0.15, 0.2) is 30.5 Å². The van der Waals surface area contributed by atoms with Crippen LogP contribution >= 0.6 is 11.6 Å². The quantitative estimate of drug-likeness (QED) is 0.778. The van der Waals surface area contributed by atoms with E-state index in [-0.39, 0.29) is 30.4 Å². The van der Waals surface area contributed by atoms with Crippen LogP contribution in [0.2, 0.25) is 5.02 Å². The molecule has 1 N–H and O–H groups in total. The Balaban J connectivity index is 1.52. The van der Waals surface area contributed by atoms with Gasteiger partial charge in [-0.1, -0.05) is 25.4 Å². The first-order chi connectivity index (χ1) is 13.9. The number of fused-ring (bicyclic) bond motifs is 1. The van der Waals surface area contributed by atoms with Gasteiger partial charge in [0.15, 0.2) is 6.61 Å². The Morgan fingerprint density at radius 1 is 1.24 bits per heavy atom. The molecule has 6 nitrogen and oxygen atoms in total. The minimum atomic E-state index is -0.0848. The molecular formula is C22H28ClN3O3. The topological polar surface area (TPSA) is 71.5 Å². The van der Waals surface area contributed by atoms with Gasteiger partial charge in [0.2, 0.25) is 5.91 Å². The number of piperidine rings is 1. The molecule has 2 amide bonds. The lowest BCUT2D eigenvalue weighted by Crippen LogP contribution is -2.46. The van der Waals surface area contributed by atoms with E-state index in [1.165, 1.54) is 0 Å². The van der Waals surface area contributed by atoms with Gasteiger partial charge in [-0.3, -0.25) is 14.6 Å². The van der Waals surface area contributed by atoms with E-state index in [2.05, 4.69) is 24.1 Å². The van der Waals surface area contributed by atoms with E-state index in [1.54, 1.807) is 23.2 Å². The molecule has 1 aliphatic rings. The number of hydrogen-bond donors (Lipinski definition) is 1. The molecule has 0 aliphatic carbocycles. The smallest absolute Gasteiger partial charge is 0.260 e. The average molecular weight is 418 g/mol. The maximum Gasteiger partial charge on any atom is 0.260 e. The van der Waals surface area contributed by atoms with Crippen LogP contribution in [0.1, 0.15) is 33.6 Å². The number of carbonyl (C=O) groups is 2. The number of ether oxygens (including phenoxy) is 1. The normalized spacial score (nSPS) is 16.1. The maximum absolute atomic E-state index is 12.6. The van der Waals surface area contributed by atoms with Gasteiger partial charge in [0.1, 0.15) is 11.3 Å². The number of aromatic nitrogens is 1. The monoisotopic (exact) mass is 417 g/mol. The standard InChI is InChI=1S/C22H28ClN3O3/c1-14(2)15(3)25-22(28)16-8-11-26(12-9-16)20(27)13-29-19-7-6-18(23)17-5-4-10-24-21(17)19/h4-7,10,14-16H,8-9,11-13H2,1-3H3,(H,25,28). The lowest BCUT2D eigenvalue weighted by Gasteiger charge is -2.32. The first-order valence-electron chi connectivity index (χ1n) is 10.1. The molecule has 1 fully saturated rings.